The molecular weight excluding hydrogens is 354 g/mol. The summed E-state index contributed by atoms with van der Waals surface area (Å²) in [5.41, 5.74) is 1.00. The van der Waals surface area contributed by atoms with Gasteiger partial charge in [0.2, 0.25) is 0 Å². The first-order chi connectivity index (χ1) is 12.2. The van der Waals surface area contributed by atoms with E-state index < -0.39 is 16.0 Å². The molecule has 7 nitrogen and oxygen atoms in total. The van der Waals surface area contributed by atoms with Gasteiger partial charge in [-0.1, -0.05) is 31.0 Å². The zero-order valence-corrected chi connectivity index (χ0v) is 15.9. The number of carboxylic acid groups (broad SMARTS) is 1. The lowest BCUT2D eigenvalue weighted by Crippen LogP contribution is -2.23. The number of aromatic carboxylic acids is 1. The van der Waals surface area contributed by atoms with Crippen molar-refractivity contribution in [2.75, 3.05) is 23.2 Å². The van der Waals surface area contributed by atoms with Gasteiger partial charge in [-0.05, 0) is 31.5 Å². The van der Waals surface area contributed by atoms with Crippen LogP contribution in [0.1, 0.15) is 35.7 Å². The Kier molecular flexibility index (Phi) is 6.20. The van der Waals surface area contributed by atoms with E-state index in [4.69, 9.17) is 0 Å². The SMILES string of the molecule is CCCCN(C)c1ncc(C(=O)O)cc1NS(=O)(=O)c1ccc(C)cc1. The molecule has 1 aromatic heterocycles. The molecule has 0 amide bonds. The van der Waals surface area contributed by atoms with Crippen LogP contribution in [0.15, 0.2) is 41.4 Å². The van der Waals surface area contributed by atoms with Crippen molar-refractivity contribution in [3.05, 3.63) is 47.7 Å². The third kappa shape index (κ3) is 4.72. The summed E-state index contributed by atoms with van der Waals surface area (Å²) in [4.78, 5) is 17.3. The van der Waals surface area contributed by atoms with Crippen molar-refractivity contribution in [2.24, 2.45) is 0 Å². The minimum atomic E-state index is -3.86. The maximum atomic E-state index is 12.7. The molecule has 0 bridgehead atoms. The Hall–Kier alpha value is -2.61. The number of hydrogen-bond donors (Lipinski definition) is 2. The van der Waals surface area contributed by atoms with Gasteiger partial charge < -0.3 is 10.0 Å². The number of nitrogens with one attached hydrogen (secondary N) is 1. The molecule has 26 heavy (non-hydrogen) atoms. The van der Waals surface area contributed by atoms with Crippen molar-refractivity contribution in [1.82, 2.24) is 4.98 Å². The van der Waals surface area contributed by atoms with E-state index in [0.29, 0.717) is 12.4 Å². The van der Waals surface area contributed by atoms with Crippen molar-refractivity contribution < 1.29 is 18.3 Å². The van der Waals surface area contributed by atoms with Crippen molar-refractivity contribution >= 4 is 27.5 Å². The monoisotopic (exact) mass is 377 g/mol. The minimum Gasteiger partial charge on any atom is -0.478 e. The Bertz CT molecular complexity index is 880. The quantitative estimate of drug-likeness (QED) is 0.733. The first kappa shape index (κ1) is 19.7. The van der Waals surface area contributed by atoms with Crippen LogP contribution in [0.5, 0.6) is 0 Å². The first-order valence-electron chi connectivity index (χ1n) is 8.28. The highest BCUT2D eigenvalue weighted by Crippen LogP contribution is 2.27. The van der Waals surface area contributed by atoms with E-state index in [1.165, 1.54) is 24.4 Å². The van der Waals surface area contributed by atoms with Crippen LogP contribution in [0.2, 0.25) is 0 Å². The fourth-order valence-corrected chi connectivity index (χ4v) is 3.43. The molecule has 0 unspecified atom stereocenters. The molecule has 0 aliphatic rings. The zero-order valence-electron chi connectivity index (χ0n) is 15.1. The molecule has 0 aliphatic heterocycles. The summed E-state index contributed by atoms with van der Waals surface area (Å²) < 4.78 is 27.8. The highest BCUT2D eigenvalue weighted by Gasteiger charge is 2.20. The number of unbranched alkanes of at least 4 members (excludes halogenated alkanes) is 1. The summed E-state index contributed by atoms with van der Waals surface area (Å²) >= 11 is 0. The molecular formula is C18H23N3O4S. The number of carbonyl (C=O) groups is 1. The first-order valence-corrected chi connectivity index (χ1v) is 9.77. The Labute approximate surface area is 153 Å². The Morgan fingerprint density at radius 1 is 1.27 bits per heavy atom. The van der Waals surface area contributed by atoms with Crippen molar-refractivity contribution in [3.8, 4) is 0 Å². The normalized spacial score (nSPS) is 11.2. The second kappa shape index (κ2) is 8.18. The fraction of sp³-hybridized carbons (Fsp3) is 0.333. The van der Waals surface area contributed by atoms with Gasteiger partial charge in [0.05, 0.1) is 16.1 Å². The van der Waals surface area contributed by atoms with Crippen LogP contribution in [-0.2, 0) is 10.0 Å². The number of rotatable bonds is 8. The predicted molar refractivity (Wildman–Crippen MR) is 101 cm³/mol. The summed E-state index contributed by atoms with van der Waals surface area (Å²) in [5, 5.41) is 9.20. The summed E-state index contributed by atoms with van der Waals surface area (Å²) in [6.07, 6.45) is 3.11. The number of pyridine rings is 1. The van der Waals surface area contributed by atoms with Crippen molar-refractivity contribution in [2.45, 2.75) is 31.6 Å². The van der Waals surface area contributed by atoms with E-state index in [0.717, 1.165) is 18.4 Å². The summed E-state index contributed by atoms with van der Waals surface area (Å²) in [7, 11) is -2.06. The molecule has 1 heterocycles. The van der Waals surface area contributed by atoms with Gasteiger partial charge in [0.25, 0.3) is 10.0 Å². The second-order valence-corrected chi connectivity index (χ2v) is 7.78. The topological polar surface area (TPSA) is 99.6 Å². The highest BCUT2D eigenvalue weighted by atomic mass is 32.2. The summed E-state index contributed by atoms with van der Waals surface area (Å²) in [6, 6.07) is 7.71. The molecule has 2 aromatic rings. The number of aryl methyl sites for hydroxylation is 1. The van der Waals surface area contributed by atoms with Crippen LogP contribution in [0.25, 0.3) is 0 Å². The maximum Gasteiger partial charge on any atom is 0.337 e. The minimum absolute atomic E-state index is 0.0840. The number of hydrogen-bond acceptors (Lipinski definition) is 5. The van der Waals surface area contributed by atoms with E-state index in [9.17, 15) is 18.3 Å². The third-order valence-electron chi connectivity index (χ3n) is 3.90. The molecule has 0 saturated heterocycles. The van der Waals surface area contributed by atoms with Gasteiger partial charge in [0.15, 0.2) is 5.82 Å². The number of carboxylic acids is 1. The lowest BCUT2D eigenvalue weighted by atomic mass is 10.2. The van der Waals surface area contributed by atoms with Gasteiger partial charge in [0, 0.05) is 19.8 Å². The number of aromatic nitrogens is 1. The molecule has 0 atom stereocenters. The van der Waals surface area contributed by atoms with Crippen LogP contribution in [-0.4, -0.2) is 38.1 Å². The van der Waals surface area contributed by atoms with Gasteiger partial charge in [-0.3, -0.25) is 4.72 Å². The number of sulfonamides is 1. The highest BCUT2D eigenvalue weighted by molar-refractivity contribution is 7.92. The molecule has 0 fully saturated rings. The number of nitrogens with zero attached hydrogens (tertiary/aromatic N) is 2. The standard InChI is InChI=1S/C18H23N3O4S/c1-4-5-10-21(3)17-16(11-14(12-19-17)18(22)23)20-26(24,25)15-8-6-13(2)7-9-15/h6-9,11-12,20H,4-5,10H2,1-3H3,(H,22,23). The van der Waals surface area contributed by atoms with Crippen LogP contribution in [0, 0.1) is 6.92 Å². The van der Waals surface area contributed by atoms with E-state index in [1.54, 1.807) is 19.2 Å². The van der Waals surface area contributed by atoms with Gasteiger partial charge in [-0.15, -0.1) is 0 Å². The van der Waals surface area contributed by atoms with Crippen LogP contribution in [0.4, 0.5) is 11.5 Å². The number of anilines is 2. The molecule has 0 aliphatic carbocycles. The number of benzene rings is 1. The van der Waals surface area contributed by atoms with Crippen molar-refractivity contribution in [3.63, 3.8) is 0 Å². The van der Waals surface area contributed by atoms with E-state index in [2.05, 4.69) is 16.6 Å². The average molecular weight is 377 g/mol. The Balaban J connectivity index is 2.42. The van der Waals surface area contributed by atoms with Gasteiger partial charge in [-0.2, -0.15) is 0 Å². The Morgan fingerprint density at radius 3 is 2.50 bits per heavy atom. The fourth-order valence-electron chi connectivity index (χ4n) is 2.38. The molecule has 1 aromatic carbocycles. The van der Waals surface area contributed by atoms with Crippen LogP contribution < -0.4 is 9.62 Å². The third-order valence-corrected chi connectivity index (χ3v) is 5.28. The largest absolute Gasteiger partial charge is 0.478 e. The van der Waals surface area contributed by atoms with Crippen LogP contribution >= 0.6 is 0 Å². The molecule has 2 N–H and O–H groups in total. The zero-order chi connectivity index (χ0) is 19.3. The molecule has 0 radical (unpaired) electrons. The predicted octanol–water partition coefficient (Wildman–Crippen LogP) is 3.13. The van der Waals surface area contributed by atoms with E-state index in [1.807, 2.05) is 11.8 Å². The van der Waals surface area contributed by atoms with E-state index in [-0.39, 0.29) is 16.1 Å². The van der Waals surface area contributed by atoms with E-state index >= 15 is 0 Å². The summed E-state index contributed by atoms with van der Waals surface area (Å²) in [6.45, 7) is 4.59. The Morgan fingerprint density at radius 2 is 1.92 bits per heavy atom. The van der Waals surface area contributed by atoms with Crippen molar-refractivity contribution in [1.29, 1.82) is 0 Å². The summed E-state index contributed by atoms with van der Waals surface area (Å²) in [5.74, 6) is -0.782. The van der Waals surface area contributed by atoms with Gasteiger partial charge in [0.1, 0.15) is 0 Å². The maximum absolute atomic E-state index is 12.7. The average Bonchev–Trinajstić information content (AvgIpc) is 2.59. The molecule has 8 heteroatoms. The molecule has 0 saturated carbocycles. The smallest absolute Gasteiger partial charge is 0.337 e. The molecule has 2 rings (SSSR count). The van der Waals surface area contributed by atoms with Gasteiger partial charge in [-0.25, -0.2) is 18.2 Å². The molecule has 0 spiro atoms. The molecule has 140 valence electrons. The lowest BCUT2D eigenvalue weighted by Gasteiger charge is -2.22. The van der Waals surface area contributed by atoms with Crippen LogP contribution in [0.3, 0.4) is 0 Å². The van der Waals surface area contributed by atoms with Gasteiger partial charge >= 0.3 is 5.97 Å². The second-order valence-electron chi connectivity index (χ2n) is 6.09. The lowest BCUT2D eigenvalue weighted by molar-refractivity contribution is 0.0696.